The normalized spacial score (nSPS) is 13.4. The number of allylic oxidation sites excluding steroid dienone is 1. The van der Waals surface area contributed by atoms with Crippen LogP contribution in [0.5, 0.6) is 11.5 Å². The van der Waals surface area contributed by atoms with Gasteiger partial charge in [0.05, 0.1) is 35.9 Å². The zero-order valence-electron chi connectivity index (χ0n) is 20.4. The summed E-state index contributed by atoms with van der Waals surface area (Å²) in [7, 11) is 3.20. The molecule has 0 radical (unpaired) electrons. The molecule has 0 fully saturated rings. The van der Waals surface area contributed by atoms with Crippen molar-refractivity contribution in [3.05, 3.63) is 105 Å². The molecule has 1 aromatic heterocycles. The fraction of sp³-hybridized carbons (Fsp3) is 0.172. The highest BCUT2D eigenvalue weighted by Crippen LogP contribution is 2.38. The molecule has 0 saturated carbocycles. The second-order valence-corrected chi connectivity index (χ2v) is 8.61. The number of benzene rings is 3. The summed E-state index contributed by atoms with van der Waals surface area (Å²) in [5.41, 5.74) is 5.50. The second-order valence-electron chi connectivity index (χ2n) is 8.61. The fourth-order valence-corrected chi connectivity index (χ4v) is 4.59. The van der Waals surface area contributed by atoms with Crippen molar-refractivity contribution >= 4 is 34.2 Å². The maximum atomic E-state index is 13.4. The number of carbonyl (C=O) groups is 1. The predicted octanol–water partition coefficient (Wildman–Crippen LogP) is 6.00. The average Bonchev–Trinajstić information content (AvgIpc) is 3.32. The summed E-state index contributed by atoms with van der Waals surface area (Å²) < 4.78 is 16.4. The molecule has 1 aliphatic carbocycles. The number of hydrogen-bond acceptors (Lipinski definition) is 7. The van der Waals surface area contributed by atoms with Gasteiger partial charge in [-0.05, 0) is 71.5 Å². The van der Waals surface area contributed by atoms with Crippen LogP contribution in [0.1, 0.15) is 39.2 Å². The van der Waals surface area contributed by atoms with E-state index in [4.69, 9.17) is 19.2 Å². The third-order valence-electron chi connectivity index (χ3n) is 6.41. The molecule has 186 valence electrons. The van der Waals surface area contributed by atoms with Crippen molar-refractivity contribution in [3.63, 3.8) is 0 Å². The Hall–Kier alpha value is -4.72. The van der Waals surface area contributed by atoms with Gasteiger partial charge in [-0.2, -0.15) is 0 Å². The first-order valence-electron chi connectivity index (χ1n) is 11.7. The molecule has 0 saturated heterocycles. The standard InChI is InChI=1S/C29H24N2O6/c1-35-25-14-9-19(16-26(25)36-2)15-20-10-13-23-27(22-5-3-4-6-24(22)30-28(20)23)29(32)37-17-18-7-11-21(12-8-18)31(33)34/h3-9,11-12,14-16H,10,13,17H2,1-2H3. The van der Waals surface area contributed by atoms with Crippen LogP contribution < -0.4 is 9.47 Å². The van der Waals surface area contributed by atoms with E-state index >= 15 is 0 Å². The lowest BCUT2D eigenvalue weighted by Crippen LogP contribution is -2.10. The number of ether oxygens (including phenoxy) is 3. The molecule has 4 aromatic rings. The van der Waals surface area contributed by atoms with Gasteiger partial charge in [0.2, 0.25) is 0 Å². The van der Waals surface area contributed by atoms with E-state index in [9.17, 15) is 14.9 Å². The minimum absolute atomic E-state index is 0.0105. The molecule has 37 heavy (non-hydrogen) atoms. The van der Waals surface area contributed by atoms with Crippen LogP contribution >= 0.6 is 0 Å². The fourth-order valence-electron chi connectivity index (χ4n) is 4.59. The number of hydrogen-bond donors (Lipinski definition) is 0. The minimum Gasteiger partial charge on any atom is -0.493 e. The third kappa shape index (κ3) is 4.73. The maximum absolute atomic E-state index is 13.4. The van der Waals surface area contributed by atoms with Crippen LogP contribution in [0, 0.1) is 10.1 Å². The minimum atomic E-state index is -0.463. The lowest BCUT2D eigenvalue weighted by atomic mass is 10.0. The number of pyridine rings is 1. The van der Waals surface area contributed by atoms with Crippen molar-refractivity contribution in [3.8, 4) is 11.5 Å². The molecule has 0 bridgehead atoms. The molecule has 0 atom stereocenters. The summed E-state index contributed by atoms with van der Waals surface area (Å²) in [6.45, 7) is 0.0105. The van der Waals surface area contributed by atoms with Crippen molar-refractivity contribution in [1.29, 1.82) is 0 Å². The molecule has 0 unspecified atom stereocenters. The SMILES string of the molecule is COc1ccc(C=C2CCc3c2nc2ccccc2c3C(=O)OCc2ccc([N+](=O)[O-])cc2)cc1OC. The van der Waals surface area contributed by atoms with Crippen LogP contribution in [0.2, 0.25) is 0 Å². The van der Waals surface area contributed by atoms with E-state index in [0.29, 0.717) is 34.6 Å². The highest BCUT2D eigenvalue weighted by molar-refractivity contribution is 6.07. The lowest BCUT2D eigenvalue weighted by molar-refractivity contribution is -0.384. The van der Waals surface area contributed by atoms with E-state index in [-0.39, 0.29) is 12.3 Å². The first kappa shape index (κ1) is 24.0. The summed E-state index contributed by atoms with van der Waals surface area (Å²) in [5.74, 6) is 0.844. The Labute approximate surface area is 213 Å². The molecule has 0 aliphatic heterocycles. The van der Waals surface area contributed by atoms with E-state index < -0.39 is 10.9 Å². The van der Waals surface area contributed by atoms with Gasteiger partial charge in [0.15, 0.2) is 11.5 Å². The average molecular weight is 497 g/mol. The summed E-state index contributed by atoms with van der Waals surface area (Å²) in [5, 5.41) is 11.6. The number of carbonyl (C=O) groups excluding carboxylic acids is 1. The van der Waals surface area contributed by atoms with Crippen molar-refractivity contribution in [1.82, 2.24) is 4.98 Å². The summed E-state index contributed by atoms with van der Waals surface area (Å²) in [6.07, 6.45) is 3.45. The second kappa shape index (κ2) is 10.1. The van der Waals surface area contributed by atoms with Crippen molar-refractivity contribution in [2.75, 3.05) is 14.2 Å². The Morgan fingerprint density at radius 3 is 2.49 bits per heavy atom. The first-order valence-corrected chi connectivity index (χ1v) is 11.7. The molecule has 5 rings (SSSR count). The van der Waals surface area contributed by atoms with Crippen LogP contribution in [0.4, 0.5) is 5.69 Å². The molecule has 8 nitrogen and oxygen atoms in total. The summed E-state index contributed by atoms with van der Waals surface area (Å²) >= 11 is 0. The molecular formula is C29H24N2O6. The molecule has 0 N–H and O–H groups in total. The number of esters is 1. The topological polar surface area (TPSA) is 101 Å². The zero-order chi connectivity index (χ0) is 25.9. The number of nitro groups is 1. The Morgan fingerprint density at radius 2 is 1.76 bits per heavy atom. The predicted molar refractivity (Wildman–Crippen MR) is 140 cm³/mol. The van der Waals surface area contributed by atoms with Crippen LogP contribution in [0.3, 0.4) is 0 Å². The maximum Gasteiger partial charge on any atom is 0.339 e. The van der Waals surface area contributed by atoms with E-state index in [0.717, 1.165) is 34.2 Å². The van der Waals surface area contributed by atoms with Crippen molar-refractivity contribution in [2.24, 2.45) is 0 Å². The van der Waals surface area contributed by atoms with Crippen molar-refractivity contribution in [2.45, 2.75) is 19.4 Å². The van der Waals surface area contributed by atoms with E-state index in [1.807, 2.05) is 42.5 Å². The number of methoxy groups -OCH3 is 2. The molecule has 8 heteroatoms. The van der Waals surface area contributed by atoms with Crippen LogP contribution in [0.25, 0.3) is 22.6 Å². The molecule has 0 spiro atoms. The van der Waals surface area contributed by atoms with E-state index in [1.54, 1.807) is 26.4 Å². The number of non-ortho nitro benzene ring substituents is 1. The van der Waals surface area contributed by atoms with Crippen molar-refractivity contribution < 1.29 is 23.9 Å². The quantitative estimate of drug-likeness (QED) is 0.176. The van der Waals surface area contributed by atoms with Gasteiger partial charge in [0.1, 0.15) is 6.61 Å². The van der Waals surface area contributed by atoms with Crippen LogP contribution in [-0.4, -0.2) is 30.1 Å². The smallest absolute Gasteiger partial charge is 0.339 e. The van der Waals surface area contributed by atoms with Crippen LogP contribution in [0.15, 0.2) is 66.7 Å². The van der Waals surface area contributed by atoms with Gasteiger partial charge in [0.25, 0.3) is 5.69 Å². The molecule has 3 aromatic carbocycles. The number of para-hydroxylation sites is 1. The van der Waals surface area contributed by atoms with E-state index in [1.165, 1.54) is 12.1 Å². The van der Waals surface area contributed by atoms with Gasteiger partial charge >= 0.3 is 5.97 Å². The van der Waals surface area contributed by atoms with E-state index in [2.05, 4.69) is 6.08 Å². The number of fused-ring (bicyclic) bond motifs is 2. The molecule has 1 heterocycles. The van der Waals surface area contributed by atoms with Gasteiger partial charge in [-0.25, -0.2) is 9.78 Å². The van der Waals surface area contributed by atoms with Gasteiger partial charge in [-0.3, -0.25) is 10.1 Å². The molecule has 0 amide bonds. The number of nitrogens with zero attached hydrogens (tertiary/aromatic N) is 2. The van der Waals surface area contributed by atoms with Gasteiger partial charge in [-0.15, -0.1) is 0 Å². The number of aromatic nitrogens is 1. The Morgan fingerprint density at radius 1 is 1.00 bits per heavy atom. The zero-order valence-corrected chi connectivity index (χ0v) is 20.4. The molecular weight excluding hydrogens is 472 g/mol. The Balaban J connectivity index is 1.49. The Kier molecular flexibility index (Phi) is 6.55. The monoisotopic (exact) mass is 496 g/mol. The van der Waals surface area contributed by atoms with Gasteiger partial charge in [-0.1, -0.05) is 24.3 Å². The molecule has 1 aliphatic rings. The highest BCUT2D eigenvalue weighted by Gasteiger charge is 2.27. The number of nitro benzene ring substituents is 1. The third-order valence-corrected chi connectivity index (χ3v) is 6.41. The van der Waals surface area contributed by atoms with Gasteiger partial charge < -0.3 is 14.2 Å². The lowest BCUT2D eigenvalue weighted by Gasteiger charge is -2.13. The van der Waals surface area contributed by atoms with Gasteiger partial charge in [0, 0.05) is 17.5 Å². The number of rotatable bonds is 7. The summed E-state index contributed by atoms with van der Waals surface area (Å²) in [6, 6.07) is 19.2. The Bertz CT molecular complexity index is 1540. The first-order chi connectivity index (χ1) is 18.0. The largest absolute Gasteiger partial charge is 0.493 e. The highest BCUT2D eigenvalue weighted by atomic mass is 16.6. The summed E-state index contributed by atoms with van der Waals surface area (Å²) in [4.78, 5) is 28.7. The van der Waals surface area contributed by atoms with Crippen LogP contribution in [-0.2, 0) is 17.8 Å².